The average molecular weight is 227 g/mol. The van der Waals surface area contributed by atoms with Gasteiger partial charge in [-0.2, -0.15) is 0 Å². The number of nitrogens with one attached hydrogen (secondary N) is 1. The molecular weight excluding hydrogens is 216 g/mol. The fraction of sp³-hybridized carbons (Fsp3) is 0.222. The van der Waals surface area contributed by atoms with Crippen LogP contribution in [0.3, 0.4) is 0 Å². The number of benzene rings is 1. The summed E-state index contributed by atoms with van der Waals surface area (Å²) in [5, 5.41) is 0. The summed E-state index contributed by atoms with van der Waals surface area (Å²) in [5.41, 5.74) is 7.00. The van der Waals surface area contributed by atoms with Crippen molar-refractivity contribution in [3.05, 3.63) is 29.8 Å². The molecule has 1 aromatic carbocycles. The van der Waals surface area contributed by atoms with Gasteiger partial charge in [-0.3, -0.25) is 10.5 Å². The highest BCUT2D eigenvalue weighted by molar-refractivity contribution is 7.89. The molecule has 5 nitrogen and oxygen atoms in total. The van der Waals surface area contributed by atoms with Crippen molar-refractivity contribution >= 4 is 15.9 Å². The fourth-order valence-corrected chi connectivity index (χ4v) is 1.89. The first-order valence-corrected chi connectivity index (χ1v) is 5.58. The van der Waals surface area contributed by atoms with Crippen molar-refractivity contribution < 1.29 is 13.2 Å². The molecule has 1 aromatic rings. The molecule has 0 saturated carbocycles. The van der Waals surface area contributed by atoms with E-state index >= 15 is 0 Å². The van der Waals surface area contributed by atoms with Crippen LogP contribution in [0.1, 0.15) is 10.4 Å². The van der Waals surface area contributed by atoms with Gasteiger partial charge >= 0.3 is 0 Å². The molecule has 0 aliphatic carbocycles. The van der Waals surface area contributed by atoms with E-state index in [0.29, 0.717) is 0 Å². The van der Waals surface area contributed by atoms with Crippen LogP contribution in [0.4, 0.5) is 0 Å². The van der Waals surface area contributed by atoms with Gasteiger partial charge in [0.25, 0.3) is 5.91 Å². The lowest BCUT2D eigenvalue weighted by molar-refractivity contribution is 0.0992. The number of amides is 1. The minimum Gasteiger partial charge on any atom is -0.267 e. The van der Waals surface area contributed by atoms with E-state index in [-0.39, 0.29) is 10.5 Å². The zero-order valence-corrected chi connectivity index (χ0v) is 9.21. The van der Waals surface area contributed by atoms with Gasteiger partial charge in [0.15, 0.2) is 0 Å². The van der Waals surface area contributed by atoms with Crippen LogP contribution < -0.4 is 5.73 Å². The molecule has 6 heteroatoms. The van der Waals surface area contributed by atoms with E-state index in [1.54, 1.807) is 0 Å². The Bertz CT molecular complexity index is 463. The van der Waals surface area contributed by atoms with Gasteiger partial charge in [0.05, 0.1) is 4.90 Å². The number of hydrogen-bond acceptors (Lipinski definition) is 3. The zero-order chi connectivity index (χ0) is 11.6. The first-order chi connectivity index (χ1) is 6.85. The molecule has 0 aliphatic heterocycles. The Kier molecular flexibility index (Phi) is 3.11. The molecule has 0 unspecified atom stereocenters. The second-order valence-corrected chi connectivity index (χ2v) is 5.29. The Morgan fingerprint density at radius 2 is 1.67 bits per heavy atom. The van der Waals surface area contributed by atoms with Crippen molar-refractivity contribution in [2.45, 2.75) is 4.90 Å². The summed E-state index contributed by atoms with van der Waals surface area (Å²) in [5.74, 6) is -0.830. The van der Waals surface area contributed by atoms with Gasteiger partial charge in [0.1, 0.15) is 0 Å². The van der Waals surface area contributed by atoms with Crippen LogP contribution in [0.5, 0.6) is 0 Å². The summed E-state index contributed by atoms with van der Waals surface area (Å²) < 4.78 is 24.3. The lowest BCUT2D eigenvalue weighted by Gasteiger charge is -2.10. The smallest absolute Gasteiger partial charge is 0.267 e. The molecule has 0 atom stereocenters. The molecular formula is C9H11N2O3S. The highest BCUT2D eigenvalue weighted by Crippen LogP contribution is 2.13. The van der Waals surface area contributed by atoms with Crippen LogP contribution in [0.15, 0.2) is 29.2 Å². The topological polar surface area (TPSA) is 78.2 Å². The molecule has 0 spiro atoms. The van der Waals surface area contributed by atoms with Crippen molar-refractivity contribution in [3.8, 4) is 0 Å². The molecule has 0 aromatic heterocycles. The maximum Gasteiger partial charge on any atom is 0.269 e. The van der Waals surface area contributed by atoms with E-state index in [2.05, 4.69) is 0 Å². The Balaban J connectivity index is 3.15. The van der Waals surface area contributed by atoms with Crippen LogP contribution >= 0.6 is 0 Å². The summed E-state index contributed by atoms with van der Waals surface area (Å²) in [6.07, 6.45) is 0. The number of carbonyl (C=O) groups is 1. The number of nitrogens with zero attached hydrogens (tertiary/aromatic N) is 1. The maximum atomic E-state index is 11.6. The number of rotatable bonds is 3. The van der Waals surface area contributed by atoms with Crippen molar-refractivity contribution in [1.29, 1.82) is 0 Å². The Hall–Kier alpha value is -1.40. The number of hydrogen-bond donors (Lipinski definition) is 0. The van der Waals surface area contributed by atoms with Gasteiger partial charge in [0.2, 0.25) is 10.0 Å². The molecule has 1 N–H and O–H groups in total. The Morgan fingerprint density at radius 3 is 2.00 bits per heavy atom. The molecule has 0 bridgehead atoms. The quantitative estimate of drug-likeness (QED) is 0.747. The van der Waals surface area contributed by atoms with Crippen molar-refractivity contribution in [2.24, 2.45) is 0 Å². The van der Waals surface area contributed by atoms with E-state index < -0.39 is 15.9 Å². The lowest BCUT2D eigenvalue weighted by Crippen LogP contribution is -2.22. The van der Waals surface area contributed by atoms with Crippen LogP contribution in [-0.2, 0) is 10.0 Å². The summed E-state index contributed by atoms with van der Waals surface area (Å²) >= 11 is 0. The fourth-order valence-electron chi connectivity index (χ4n) is 0.989. The monoisotopic (exact) mass is 227 g/mol. The normalized spacial score (nSPS) is 11.7. The van der Waals surface area contributed by atoms with Gasteiger partial charge in [-0.1, -0.05) is 0 Å². The second kappa shape index (κ2) is 4.00. The molecule has 0 saturated heterocycles. The van der Waals surface area contributed by atoms with Crippen LogP contribution in [-0.4, -0.2) is 32.7 Å². The molecule has 0 fully saturated rings. The predicted molar refractivity (Wildman–Crippen MR) is 54.7 cm³/mol. The van der Waals surface area contributed by atoms with Crippen molar-refractivity contribution in [3.63, 3.8) is 0 Å². The van der Waals surface area contributed by atoms with Crippen molar-refractivity contribution in [1.82, 2.24) is 10.0 Å². The maximum absolute atomic E-state index is 11.6. The highest BCUT2D eigenvalue weighted by atomic mass is 32.2. The Labute approximate surface area is 88.5 Å². The summed E-state index contributed by atoms with van der Waals surface area (Å²) in [7, 11) is -0.600. The van der Waals surface area contributed by atoms with Gasteiger partial charge in [0, 0.05) is 19.7 Å². The largest absolute Gasteiger partial charge is 0.269 e. The summed E-state index contributed by atoms with van der Waals surface area (Å²) in [6.45, 7) is 0. The molecule has 81 valence electrons. The minimum atomic E-state index is -3.46. The number of sulfonamides is 1. The van der Waals surface area contributed by atoms with Gasteiger partial charge in [-0.25, -0.2) is 12.7 Å². The van der Waals surface area contributed by atoms with Crippen LogP contribution in [0, 0.1) is 0 Å². The zero-order valence-electron chi connectivity index (χ0n) is 8.39. The minimum absolute atomic E-state index is 0.109. The van der Waals surface area contributed by atoms with E-state index in [9.17, 15) is 13.2 Å². The molecule has 0 heterocycles. The third-order valence-electron chi connectivity index (χ3n) is 1.90. The molecule has 1 amide bonds. The van der Waals surface area contributed by atoms with Crippen LogP contribution in [0.2, 0.25) is 0 Å². The van der Waals surface area contributed by atoms with Gasteiger partial charge < -0.3 is 0 Å². The number of carbonyl (C=O) groups excluding carboxylic acids is 1. The molecule has 1 radical (unpaired) electrons. The third kappa shape index (κ3) is 2.34. The average Bonchev–Trinajstić information content (AvgIpc) is 2.17. The van der Waals surface area contributed by atoms with E-state index in [1.165, 1.54) is 38.4 Å². The summed E-state index contributed by atoms with van der Waals surface area (Å²) in [6, 6.07) is 5.28. The van der Waals surface area contributed by atoms with E-state index in [1.807, 2.05) is 0 Å². The molecule has 15 heavy (non-hydrogen) atoms. The first-order valence-electron chi connectivity index (χ1n) is 4.14. The van der Waals surface area contributed by atoms with E-state index in [0.717, 1.165) is 4.31 Å². The third-order valence-corrected chi connectivity index (χ3v) is 3.72. The van der Waals surface area contributed by atoms with Gasteiger partial charge in [-0.15, -0.1) is 0 Å². The molecule has 1 rings (SSSR count). The van der Waals surface area contributed by atoms with Crippen molar-refractivity contribution in [2.75, 3.05) is 14.1 Å². The van der Waals surface area contributed by atoms with Gasteiger partial charge in [-0.05, 0) is 24.3 Å². The van der Waals surface area contributed by atoms with Crippen LogP contribution in [0.25, 0.3) is 0 Å². The predicted octanol–water partition coefficient (Wildman–Crippen LogP) is 0.360. The lowest BCUT2D eigenvalue weighted by atomic mass is 10.2. The Morgan fingerprint density at radius 1 is 1.20 bits per heavy atom. The second-order valence-electron chi connectivity index (χ2n) is 3.14. The summed E-state index contributed by atoms with van der Waals surface area (Å²) in [4.78, 5) is 10.8. The molecule has 0 aliphatic rings. The highest BCUT2D eigenvalue weighted by Gasteiger charge is 2.16. The van der Waals surface area contributed by atoms with E-state index in [4.69, 9.17) is 5.73 Å². The standard InChI is InChI=1S/C9H11N2O3S/c1-11(2)15(13,14)8-5-3-7(4-6-8)9(10)12/h3-6,10H,1-2H3. The first kappa shape index (κ1) is 11.7. The SMILES string of the molecule is CN(C)S(=O)(=O)c1ccc(C([NH])=O)cc1.